The van der Waals surface area contributed by atoms with E-state index >= 15 is 0 Å². The molecule has 0 saturated carbocycles. The van der Waals surface area contributed by atoms with Crippen molar-refractivity contribution >= 4 is 34.5 Å². The van der Waals surface area contributed by atoms with Gasteiger partial charge in [-0.2, -0.15) is 0 Å². The predicted molar refractivity (Wildman–Crippen MR) is 64.9 cm³/mol. The molecule has 8 heteroatoms. The number of rotatable bonds is 5. The van der Waals surface area contributed by atoms with E-state index in [0.717, 1.165) is 16.4 Å². The molecule has 1 aromatic carbocycles. The molecule has 0 aromatic heterocycles. The Morgan fingerprint density at radius 1 is 1.61 bits per heavy atom. The van der Waals surface area contributed by atoms with Crippen LogP contribution in [0.1, 0.15) is 23.7 Å². The van der Waals surface area contributed by atoms with Gasteiger partial charge in [-0.15, -0.1) is 0 Å². The van der Waals surface area contributed by atoms with Gasteiger partial charge in [0.25, 0.3) is 0 Å². The maximum atomic E-state index is 13.9. The van der Waals surface area contributed by atoms with Crippen LogP contribution in [0.15, 0.2) is 12.1 Å². The Morgan fingerprint density at radius 2 is 2.22 bits per heavy atom. The first kappa shape index (κ1) is 14.9. The number of carboxylic acids is 1. The van der Waals surface area contributed by atoms with Crippen molar-refractivity contribution in [3.63, 3.8) is 0 Å². The summed E-state index contributed by atoms with van der Waals surface area (Å²) in [7, 11) is 0. The largest absolute Gasteiger partial charge is 0.755 e. The second-order valence-electron chi connectivity index (χ2n) is 3.38. The molecule has 18 heavy (non-hydrogen) atoms. The molecule has 0 aliphatic rings. The van der Waals surface area contributed by atoms with Gasteiger partial charge in [-0.1, -0.05) is 18.5 Å². The zero-order valence-corrected chi connectivity index (χ0v) is 10.9. The van der Waals surface area contributed by atoms with Crippen LogP contribution in [-0.4, -0.2) is 26.4 Å². The van der Waals surface area contributed by atoms with Crippen LogP contribution in [0.25, 0.3) is 0 Å². The SMILES string of the molecule is CCCN(c1ccc(Cl)c(C(=O)O)c1F)S(=O)[O-]. The van der Waals surface area contributed by atoms with Crippen LogP contribution >= 0.6 is 11.6 Å². The summed E-state index contributed by atoms with van der Waals surface area (Å²) >= 11 is 2.88. The van der Waals surface area contributed by atoms with Gasteiger partial charge in [-0.3, -0.25) is 8.51 Å². The summed E-state index contributed by atoms with van der Waals surface area (Å²) < 4.78 is 36.7. The van der Waals surface area contributed by atoms with E-state index in [1.54, 1.807) is 6.92 Å². The van der Waals surface area contributed by atoms with Crippen LogP contribution in [0, 0.1) is 5.82 Å². The lowest BCUT2D eigenvalue weighted by atomic mass is 10.2. The third-order valence-corrected chi connectivity index (χ3v) is 3.21. The van der Waals surface area contributed by atoms with Crippen LogP contribution in [-0.2, 0) is 11.3 Å². The van der Waals surface area contributed by atoms with E-state index in [0.29, 0.717) is 6.42 Å². The summed E-state index contributed by atoms with van der Waals surface area (Å²) in [5.74, 6) is -2.71. The summed E-state index contributed by atoms with van der Waals surface area (Å²) in [5, 5.41) is 8.54. The van der Waals surface area contributed by atoms with Crippen molar-refractivity contribution in [2.24, 2.45) is 0 Å². The summed E-state index contributed by atoms with van der Waals surface area (Å²) in [4.78, 5) is 10.8. The Bertz CT molecular complexity index is 497. The molecule has 0 radical (unpaired) electrons. The standard InChI is InChI=1S/C10H11ClFNO4S/c1-2-5-13(18(16)17)7-4-3-6(11)8(9(7)12)10(14)15/h3-4H,2,5H2,1H3,(H,14,15)(H,16,17)/p-1. The molecule has 0 aliphatic heterocycles. The molecule has 1 atom stereocenters. The normalized spacial score (nSPS) is 12.2. The first-order valence-electron chi connectivity index (χ1n) is 4.98. The second kappa shape index (κ2) is 6.12. The smallest absolute Gasteiger partial charge is 0.340 e. The van der Waals surface area contributed by atoms with Crippen molar-refractivity contribution in [1.29, 1.82) is 0 Å². The van der Waals surface area contributed by atoms with Crippen LogP contribution in [0.5, 0.6) is 0 Å². The van der Waals surface area contributed by atoms with Crippen LogP contribution in [0.4, 0.5) is 10.1 Å². The highest BCUT2D eigenvalue weighted by Crippen LogP contribution is 2.29. The minimum atomic E-state index is -2.69. The summed E-state index contributed by atoms with van der Waals surface area (Å²) in [6.07, 6.45) is 0.457. The highest BCUT2D eigenvalue weighted by atomic mass is 35.5. The van der Waals surface area contributed by atoms with Gasteiger partial charge < -0.3 is 9.66 Å². The number of carbonyl (C=O) groups is 1. The van der Waals surface area contributed by atoms with E-state index in [4.69, 9.17) is 16.7 Å². The Kier molecular flexibility index (Phi) is 5.06. The van der Waals surface area contributed by atoms with E-state index in [1.807, 2.05) is 0 Å². The Hall–Kier alpha value is -1.18. The summed E-state index contributed by atoms with van der Waals surface area (Å²) in [6.45, 7) is 1.76. The molecule has 0 aliphatic carbocycles. The molecule has 5 nitrogen and oxygen atoms in total. The molecule has 1 rings (SSSR count). The number of halogens is 2. The zero-order chi connectivity index (χ0) is 13.9. The van der Waals surface area contributed by atoms with E-state index in [-0.39, 0.29) is 17.3 Å². The van der Waals surface area contributed by atoms with Gasteiger partial charge >= 0.3 is 5.97 Å². The number of carboxylic acid groups (broad SMARTS) is 1. The third-order valence-electron chi connectivity index (χ3n) is 2.16. The number of hydrogen-bond donors (Lipinski definition) is 1. The quantitative estimate of drug-likeness (QED) is 0.844. The maximum absolute atomic E-state index is 13.9. The third kappa shape index (κ3) is 2.98. The highest BCUT2D eigenvalue weighted by Gasteiger charge is 2.21. The fourth-order valence-corrected chi connectivity index (χ4v) is 2.27. The van der Waals surface area contributed by atoms with Gasteiger partial charge in [-0.05, 0) is 18.6 Å². The second-order valence-corrected chi connectivity index (χ2v) is 4.66. The maximum Gasteiger partial charge on any atom is 0.340 e. The average Bonchev–Trinajstić information content (AvgIpc) is 2.26. The fourth-order valence-electron chi connectivity index (χ4n) is 1.41. The van der Waals surface area contributed by atoms with Crippen LogP contribution < -0.4 is 4.31 Å². The molecular formula is C10H10ClFNO4S-. The molecule has 1 unspecified atom stereocenters. The average molecular weight is 295 g/mol. The predicted octanol–water partition coefficient (Wildman–Crippen LogP) is 2.19. The lowest BCUT2D eigenvalue weighted by Crippen LogP contribution is -2.27. The molecule has 1 aromatic rings. The summed E-state index contributed by atoms with van der Waals surface area (Å²) in [5.41, 5.74) is -1.06. The molecule has 0 fully saturated rings. The molecule has 100 valence electrons. The van der Waals surface area contributed by atoms with Crippen molar-refractivity contribution in [2.75, 3.05) is 10.8 Å². The molecule has 0 heterocycles. The van der Waals surface area contributed by atoms with Gasteiger partial charge in [0.2, 0.25) is 0 Å². The van der Waals surface area contributed by atoms with Gasteiger partial charge in [0.1, 0.15) is 5.56 Å². The van der Waals surface area contributed by atoms with E-state index < -0.39 is 28.6 Å². The van der Waals surface area contributed by atoms with E-state index in [1.165, 1.54) is 0 Å². The van der Waals surface area contributed by atoms with Crippen molar-refractivity contribution in [3.05, 3.63) is 28.5 Å². The number of benzene rings is 1. The molecule has 0 spiro atoms. The van der Waals surface area contributed by atoms with Gasteiger partial charge in [-0.25, -0.2) is 9.18 Å². The topological polar surface area (TPSA) is 80.7 Å². The molecular weight excluding hydrogens is 285 g/mol. The summed E-state index contributed by atoms with van der Waals surface area (Å²) in [6, 6.07) is 2.29. The van der Waals surface area contributed by atoms with Gasteiger partial charge in [0.05, 0.1) is 10.7 Å². The minimum Gasteiger partial charge on any atom is -0.755 e. The first-order valence-corrected chi connectivity index (χ1v) is 6.39. The van der Waals surface area contributed by atoms with Crippen molar-refractivity contribution in [3.8, 4) is 0 Å². The molecule has 0 amide bonds. The monoisotopic (exact) mass is 294 g/mol. The lowest BCUT2D eigenvalue weighted by molar-refractivity contribution is 0.0692. The van der Waals surface area contributed by atoms with Crippen molar-refractivity contribution in [2.45, 2.75) is 13.3 Å². The van der Waals surface area contributed by atoms with E-state index in [9.17, 15) is 17.9 Å². The van der Waals surface area contributed by atoms with E-state index in [2.05, 4.69) is 0 Å². The van der Waals surface area contributed by atoms with Gasteiger partial charge in [0, 0.05) is 17.8 Å². The first-order chi connectivity index (χ1) is 8.40. The molecule has 0 bridgehead atoms. The number of anilines is 1. The zero-order valence-electron chi connectivity index (χ0n) is 9.35. The van der Waals surface area contributed by atoms with Crippen molar-refractivity contribution < 1.29 is 23.1 Å². The Balaban J connectivity index is 3.37. The number of nitrogens with zero attached hydrogens (tertiary/aromatic N) is 1. The van der Waals surface area contributed by atoms with Crippen molar-refractivity contribution in [1.82, 2.24) is 0 Å². The Morgan fingerprint density at radius 3 is 2.67 bits per heavy atom. The molecule has 1 N–H and O–H groups in total. The van der Waals surface area contributed by atoms with Crippen LogP contribution in [0.3, 0.4) is 0 Å². The fraction of sp³-hybridized carbons (Fsp3) is 0.300. The number of aromatic carboxylic acids is 1. The molecule has 0 saturated heterocycles. The van der Waals surface area contributed by atoms with Crippen LogP contribution in [0.2, 0.25) is 5.02 Å². The van der Waals surface area contributed by atoms with Gasteiger partial charge in [0.15, 0.2) is 5.82 Å². The highest BCUT2D eigenvalue weighted by molar-refractivity contribution is 7.80. The lowest BCUT2D eigenvalue weighted by Gasteiger charge is -2.26. The Labute approximate surface area is 111 Å². The number of hydrogen-bond acceptors (Lipinski definition) is 3. The minimum absolute atomic E-state index is 0.0493.